The Morgan fingerprint density at radius 2 is 2.32 bits per heavy atom. The molecule has 0 bridgehead atoms. The van der Waals surface area contributed by atoms with Crippen molar-refractivity contribution >= 4 is 23.2 Å². The molecule has 2 aromatic heterocycles. The highest BCUT2D eigenvalue weighted by Gasteiger charge is 2.27. The predicted octanol–water partition coefficient (Wildman–Crippen LogP) is 1.39. The largest absolute Gasteiger partial charge is 0.350 e. The van der Waals surface area contributed by atoms with E-state index >= 15 is 0 Å². The quantitative estimate of drug-likeness (QED) is 0.906. The third-order valence-electron chi connectivity index (χ3n) is 3.72. The second-order valence-electron chi connectivity index (χ2n) is 5.11. The van der Waals surface area contributed by atoms with Crippen LogP contribution in [0, 0.1) is 0 Å². The number of carbonyl (C=O) groups is 2. The van der Waals surface area contributed by atoms with E-state index in [4.69, 9.17) is 0 Å². The number of hydrogen-bond donors (Lipinski definition) is 1. The van der Waals surface area contributed by atoms with Gasteiger partial charge in [0.25, 0.3) is 11.8 Å². The maximum Gasteiger partial charge on any atom is 0.289 e. The summed E-state index contributed by atoms with van der Waals surface area (Å²) < 4.78 is 1.77. The molecule has 1 aliphatic rings. The zero-order chi connectivity index (χ0) is 15.5. The average Bonchev–Trinajstić information content (AvgIpc) is 3.16. The summed E-state index contributed by atoms with van der Waals surface area (Å²) >= 11 is 1.67. The maximum atomic E-state index is 12.2. The lowest BCUT2D eigenvalue weighted by atomic mass is 10.3. The fourth-order valence-corrected chi connectivity index (χ4v) is 3.19. The van der Waals surface area contributed by atoms with Crippen LogP contribution >= 0.6 is 11.3 Å². The first-order valence-electron chi connectivity index (χ1n) is 7.36. The molecule has 3 rings (SSSR count). The number of hydrogen-bond acceptors (Lipinski definition) is 4. The van der Waals surface area contributed by atoms with E-state index in [0.717, 1.165) is 6.42 Å². The van der Waals surface area contributed by atoms with E-state index in [1.807, 2.05) is 24.4 Å². The minimum Gasteiger partial charge on any atom is -0.350 e. The number of nitrogens with one attached hydrogen (secondary N) is 1. The second-order valence-corrected chi connectivity index (χ2v) is 6.15. The van der Waals surface area contributed by atoms with E-state index in [9.17, 15) is 9.59 Å². The molecule has 0 atom stereocenters. The van der Waals surface area contributed by atoms with Crippen LogP contribution in [-0.2, 0) is 13.0 Å². The number of rotatable bonds is 5. The molecule has 0 spiro atoms. The van der Waals surface area contributed by atoms with Gasteiger partial charge in [-0.05, 0) is 24.8 Å². The van der Waals surface area contributed by atoms with Crippen LogP contribution in [0.4, 0.5) is 0 Å². The highest BCUT2D eigenvalue weighted by atomic mass is 32.1. The number of thiophene rings is 1. The molecule has 0 fully saturated rings. The van der Waals surface area contributed by atoms with Gasteiger partial charge in [0.1, 0.15) is 5.69 Å². The van der Waals surface area contributed by atoms with Gasteiger partial charge in [0.15, 0.2) is 5.82 Å². The van der Waals surface area contributed by atoms with Gasteiger partial charge in [0, 0.05) is 37.3 Å². The Labute approximate surface area is 132 Å². The topological polar surface area (TPSA) is 67.2 Å². The Bertz CT molecular complexity index is 678. The summed E-state index contributed by atoms with van der Waals surface area (Å²) in [6, 6.07) is 4.04. The molecule has 2 aromatic rings. The minimum atomic E-state index is -0.227. The molecule has 0 radical (unpaired) electrons. The van der Waals surface area contributed by atoms with E-state index in [2.05, 4.69) is 10.3 Å². The van der Waals surface area contributed by atoms with E-state index in [-0.39, 0.29) is 11.8 Å². The Morgan fingerprint density at radius 3 is 3.05 bits per heavy atom. The highest BCUT2D eigenvalue weighted by molar-refractivity contribution is 7.09. The lowest BCUT2D eigenvalue weighted by Crippen LogP contribution is -2.40. The van der Waals surface area contributed by atoms with Gasteiger partial charge >= 0.3 is 0 Å². The van der Waals surface area contributed by atoms with Crippen molar-refractivity contribution in [2.24, 2.45) is 0 Å². The van der Waals surface area contributed by atoms with E-state index in [1.54, 1.807) is 27.0 Å². The molecule has 2 amide bonds. The van der Waals surface area contributed by atoms with Gasteiger partial charge in [-0.3, -0.25) is 9.59 Å². The molecule has 0 saturated carbocycles. The van der Waals surface area contributed by atoms with Crippen LogP contribution in [0.25, 0.3) is 0 Å². The van der Waals surface area contributed by atoms with Crippen molar-refractivity contribution < 1.29 is 9.59 Å². The van der Waals surface area contributed by atoms with Crippen LogP contribution in [0.2, 0.25) is 0 Å². The number of likely N-dealkylation sites (N-methyl/N-ethyl adjacent to an activating group) is 1. The van der Waals surface area contributed by atoms with Gasteiger partial charge in [-0.25, -0.2) is 4.98 Å². The molecular formula is C15H18N4O2S. The Morgan fingerprint density at radius 1 is 1.45 bits per heavy atom. The molecule has 3 heterocycles. The smallest absolute Gasteiger partial charge is 0.289 e. The van der Waals surface area contributed by atoms with Crippen molar-refractivity contribution in [3.05, 3.63) is 40.1 Å². The summed E-state index contributed by atoms with van der Waals surface area (Å²) in [6.07, 6.45) is 2.47. The SMILES string of the molecule is CCN1CCn2cc(C(=O)NCCc3cccs3)nc2C1=O. The summed E-state index contributed by atoms with van der Waals surface area (Å²) in [5.41, 5.74) is 0.312. The van der Waals surface area contributed by atoms with Gasteiger partial charge in [0.05, 0.1) is 0 Å². The van der Waals surface area contributed by atoms with Gasteiger partial charge in [0.2, 0.25) is 0 Å². The van der Waals surface area contributed by atoms with Crippen molar-refractivity contribution in [1.29, 1.82) is 0 Å². The number of imidazole rings is 1. The van der Waals surface area contributed by atoms with Gasteiger partial charge < -0.3 is 14.8 Å². The van der Waals surface area contributed by atoms with Gasteiger partial charge in [-0.15, -0.1) is 11.3 Å². The zero-order valence-corrected chi connectivity index (χ0v) is 13.2. The molecule has 22 heavy (non-hydrogen) atoms. The van der Waals surface area contributed by atoms with Crippen molar-refractivity contribution in [3.63, 3.8) is 0 Å². The first-order chi connectivity index (χ1) is 10.7. The first-order valence-corrected chi connectivity index (χ1v) is 8.24. The zero-order valence-electron chi connectivity index (χ0n) is 12.4. The summed E-state index contributed by atoms with van der Waals surface area (Å²) in [7, 11) is 0. The summed E-state index contributed by atoms with van der Waals surface area (Å²) in [4.78, 5) is 31.5. The summed E-state index contributed by atoms with van der Waals surface area (Å²) in [5.74, 6) is 0.0252. The van der Waals surface area contributed by atoms with Gasteiger partial charge in [-0.2, -0.15) is 0 Å². The number of nitrogens with zero attached hydrogens (tertiary/aromatic N) is 3. The Balaban J connectivity index is 1.63. The maximum absolute atomic E-state index is 12.2. The highest BCUT2D eigenvalue weighted by Crippen LogP contribution is 2.13. The van der Waals surface area contributed by atoms with Crippen LogP contribution in [0.5, 0.6) is 0 Å². The molecule has 7 heteroatoms. The predicted molar refractivity (Wildman–Crippen MR) is 84.2 cm³/mol. The van der Waals surface area contributed by atoms with Crippen molar-refractivity contribution in [2.75, 3.05) is 19.6 Å². The lowest BCUT2D eigenvalue weighted by Gasteiger charge is -2.25. The molecule has 6 nitrogen and oxygen atoms in total. The fraction of sp³-hybridized carbons (Fsp3) is 0.400. The van der Waals surface area contributed by atoms with Crippen LogP contribution in [-0.4, -0.2) is 45.9 Å². The van der Waals surface area contributed by atoms with E-state index < -0.39 is 0 Å². The normalized spacial score (nSPS) is 14.0. The summed E-state index contributed by atoms with van der Waals surface area (Å²) in [5, 5.41) is 4.87. The van der Waals surface area contributed by atoms with Gasteiger partial charge in [-0.1, -0.05) is 6.07 Å². The first kappa shape index (κ1) is 14.8. The Hall–Kier alpha value is -2.15. The molecule has 1 N–H and O–H groups in total. The molecule has 0 saturated heterocycles. The average molecular weight is 318 g/mol. The fourth-order valence-electron chi connectivity index (χ4n) is 2.48. The van der Waals surface area contributed by atoms with Crippen molar-refractivity contribution in [2.45, 2.75) is 19.9 Å². The summed E-state index contributed by atoms with van der Waals surface area (Å²) in [6.45, 7) is 4.52. The van der Waals surface area contributed by atoms with Crippen LogP contribution in [0.1, 0.15) is 32.9 Å². The van der Waals surface area contributed by atoms with Crippen molar-refractivity contribution in [3.8, 4) is 0 Å². The molecule has 0 aromatic carbocycles. The molecule has 1 aliphatic heterocycles. The molecule has 0 aliphatic carbocycles. The number of amides is 2. The lowest BCUT2D eigenvalue weighted by molar-refractivity contribution is 0.0707. The van der Waals surface area contributed by atoms with E-state index in [0.29, 0.717) is 37.7 Å². The van der Waals surface area contributed by atoms with Crippen LogP contribution in [0.3, 0.4) is 0 Å². The van der Waals surface area contributed by atoms with E-state index in [1.165, 1.54) is 4.88 Å². The van der Waals surface area contributed by atoms with Crippen LogP contribution in [0.15, 0.2) is 23.7 Å². The monoisotopic (exact) mass is 318 g/mol. The van der Waals surface area contributed by atoms with Crippen LogP contribution < -0.4 is 5.32 Å². The molecule has 116 valence electrons. The third kappa shape index (κ3) is 2.89. The standard InChI is InChI=1S/C15H18N4O2S/c1-2-18-7-8-19-10-12(17-13(19)15(18)21)14(20)16-6-5-11-4-3-9-22-11/h3-4,9-10H,2,5-8H2,1H3,(H,16,20). The number of fused-ring (bicyclic) bond motifs is 1. The second kappa shape index (κ2) is 6.31. The minimum absolute atomic E-state index is 0.105. The molecule has 0 unspecified atom stereocenters. The molecular weight excluding hydrogens is 300 g/mol. The third-order valence-corrected chi connectivity index (χ3v) is 4.65. The van der Waals surface area contributed by atoms with Crippen molar-refractivity contribution in [1.82, 2.24) is 19.8 Å². The number of aromatic nitrogens is 2. The Kier molecular flexibility index (Phi) is 4.24. The number of carbonyl (C=O) groups excluding carboxylic acids is 2.